The lowest BCUT2D eigenvalue weighted by Crippen LogP contribution is -2.30. The summed E-state index contributed by atoms with van der Waals surface area (Å²) in [4.78, 5) is 13.5. The number of carbonyl (C=O) groups is 1. The number of nitrogens with one attached hydrogen (secondary N) is 1. The molecule has 1 aromatic carbocycles. The summed E-state index contributed by atoms with van der Waals surface area (Å²) in [5.41, 5.74) is -0.0383. The van der Waals surface area contributed by atoms with Crippen LogP contribution in [0.1, 0.15) is 11.5 Å². The number of nitrogens with zero attached hydrogens (tertiary/aromatic N) is 1. The molecule has 112 valence electrons. The third-order valence-electron chi connectivity index (χ3n) is 2.84. The van der Waals surface area contributed by atoms with E-state index in [4.69, 9.17) is 4.42 Å². The van der Waals surface area contributed by atoms with Crippen LogP contribution in [0.4, 0.5) is 14.5 Å². The normalized spacial score (nSPS) is 10.9. The van der Waals surface area contributed by atoms with Gasteiger partial charge < -0.3 is 9.73 Å². The summed E-state index contributed by atoms with van der Waals surface area (Å²) >= 11 is 0. The fraction of sp³-hybridized carbons (Fsp3) is 0.267. The number of furan rings is 1. The molecule has 0 radical (unpaired) electrons. The summed E-state index contributed by atoms with van der Waals surface area (Å²) in [6.45, 7) is 2.37. The fourth-order valence-corrected chi connectivity index (χ4v) is 1.92. The highest BCUT2D eigenvalue weighted by molar-refractivity contribution is 5.92. The van der Waals surface area contributed by atoms with Gasteiger partial charge in [-0.1, -0.05) is 0 Å². The first-order chi connectivity index (χ1) is 9.94. The smallest absolute Gasteiger partial charge is 0.238 e. The van der Waals surface area contributed by atoms with Crippen molar-refractivity contribution >= 4 is 11.6 Å². The Bertz CT molecular complexity index is 640. The van der Waals surface area contributed by atoms with Gasteiger partial charge in [-0.2, -0.15) is 0 Å². The predicted octanol–water partition coefficient (Wildman–Crippen LogP) is 2.94. The molecule has 6 heteroatoms. The summed E-state index contributed by atoms with van der Waals surface area (Å²) in [5, 5.41) is 2.41. The zero-order valence-electron chi connectivity index (χ0n) is 11.8. The van der Waals surface area contributed by atoms with Crippen LogP contribution in [0.25, 0.3) is 0 Å². The van der Waals surface area contributed by atoms with Crippen LogP contribution < -0.4 is 5.32 Å². The maximum Gasteiger partial charge on any atom is 0.238 e. The van der Waals surface area contributed by atoms with Crippen molar-refractivity contribution in [3.05, 3.63) is 53.5 Å². The molecular weight excluding hydrogens is 278 g/mol. The number of hydrogen-bond donors (Lipinski definition) is 1. The molecule has 1 N–H and O–H groups in total. The average Bonchev–Trinajstić information content (AvgIpc) is 2.78. The summed E-state index contributed by atoms with van der Waals surface area (Å²) in [6, 6.07) is 6.69. The molecule has 21 heavy (non-hydrogen) atoms. The quantitative estimate of drug-likeness (QED) is 0.922. The molecule has 0 atom stereocenters. The molecule has 2 rings (SSSR count). The lowest BCUT2D eigenvalue weighted by Gasteiger charge is -2.15. The largest absolute Gasteiger partial charge is 0.465 e. The number of amides is 1. The van der Waals surface area contributed by atoms with Crippen LogP contribution >= 0.6 is 0 Å². The first-order valence-corrected chi connectivity index (χ1v) is 6.43. The summed E-state index contributed by atoms with van der Waals surface area (Å²) < 4.78 is 31.6. The molecule has 0 bridgehead atoms. The minimum atomic E-state index is -0.798. The fourth-order valence-electron chi connectivity index (χ4n) is 1.92. The molecule has 0 spiro atoms. The van der Waals surface area contributed by atoms with Gasteiger partial charge in [-0.15, -0.1) is 0 Å². The topological polar surface area (TPSA) is 45.5 Å². The summed E-state index contributed by atoms with van der Waals surface area (Å²) in [7, 11) is 1.75. The van der Waals surface area contributed by atoms with Crippen molar-refractivity contribution in [1.82, 2.24) is 4.90 Å². The van der Waals surface area contributed by atoms with Crippen LogP contribution in [0, 0.1) is 18.6 Å². The first kappa shape index (κ1) is 15.2. The van der Waals surface area contributed by atoms with E-state index in [2.05, 4.69) is 5.32 Å². The molecule has 0 saturated heterocycles. The Hall–Kier alpha value is -2.21. The van der Waals surface area contributed by atoms with E-state index < -0.39 is 11.6 Å². The van der Waals surface area contributed by atoms with Crippen LogP contribution in [0.2, 0.25) is 0 Å². The Morgan fingerprint density at radius 1 is 1.29 bits per heavy atom. The van der Waals surface area contributed by atoms with Gasteiger partial charge in [0.15, 0.2) is 0 Å². The van der Waals surface area contributed by atoms with E-state index in [1.807, 2.05) is 19.1 Å². The van der Waals surface area contributed by atoms with E-state index in [1.54, 1.807) is 11.9 Å². The number of likely N-dealkylation sites (N-methyl/N-ethyl adjacent to an activating group) is 1. The molecular formula is C15H16F2N2O2. The van der Waals surface area contributed by atoms with Gasteiger partial charge in [0, 0.05) is 6.07 Å². The molecule has 4 nitrogen and oxygen atoms in total. The number of anilines is 1. The Labute approximate surface area is 121 Å². The van der Waals surface area contributed by atoms with Gasteiger partial charge in [-0.05, 0) is 38.2 Å². The molecule has 0 saturated carbocycles. The number of halogens is 2. The Balaban J connectivity index is 1.89. The van der Waals surface area contributed by atoms with Gasteiger partial charge in [0.1, 0.15) is 23.2 Å². The van der Waals surface area contributed by atoms with Gasteiger partial charge in [0.05, 0.1) is 18.8 Å². The average molecular weight is 294 g/mol. The first-order valence-electron chi connectivity index (χ1n) is 6.43. The van der Waals surface area contributed by atoms with E-state index in [9.17, 15) is 13.6 Å². The van der Waals surface area contributed by atoms with E-state index >= 15 is 0 Å². The molecule has 2 aromatic rings. The molecule has 0 aliphatic heterocycles. The molecule has 1 heterocycles. The molecule has 1 aromatic heterocycles. The molecule has 0 aliphatic carbocycles. The number of benzene rings is 1. The van der Waals surface area contributed by atoms with Crippen molar-refractivity contribution in [3.63, 3.8) is 0 Å². The van der Waals surface area contributed by atoms with E-state index in [-0.39, 0.29) is 18.1 Å². The molecule has 0 aliphatic rings. The lowest BCUT2D eigenvalue weighted by molar-refractivity contribution is -0.117. The Morgan fingerprint density at radius 3 is 2.67 bits per heavy atom. The maximum absolute atomic E-state index is 13.4. The highest BCUT2D eigenvalue weighted by atomic mass is 19.1. The van der Waals surface area contributed by atoms with Crippen molar-refractivity contribution in [2.45, 2.75) is 13.5 Å². The van der Waals surface area contributed by atoms with Crippen LogP contribution in [0.15, 0.2) is 34.7 Å². The summed E-state index contributed by atoms with van der Waals surface area (Å²) in [6.07, 6.45) is 0. The van der Waals surface area contributed by atoms with Crippen LogP contribution in [-0.4, -0.2) is 24.4 Å². The third kappa shape index (κ3) is 4.39. The van der Waals surface area contributed by atoms with Crippen LogP contribution in [0.5, 0.6) is 0 Å². The van der Waals surface area contributed by atoms with Crippen molar-refractivity contribution < 1.29 is 18.0 Å². The zero-order valence-corrected chi connectivity index (χ0v) is 11.8. The number of hydrogen-bond acceptors (Lipinski definition) is 3. The second-order valence-corrected chi connectivity index (χ2v) is 4.86. The third-order valence-corrected chi connectivity index (χ3v) is 2.84. The summed E-state index contributed by atoms with van der Waals surface area (Å²) in [5.74, 6) is -0.318. The molecule has 1 amide bonds. The number of aryl methyl sites for hydroxylation is 1. The van der Waals surface area contributed by atoms with Gasteiger partial charge >= 0.3 is 0 Å². The Morgan fingerprint density at radius 2 is 2.05 bits per heavy atom. The van der Waals surface area contributed by atoms with Gasteiger partial charge in [-0.3, -0.25) is 9.69 Å². The number of carbonyl (C=O) groups excluding carboxylic acids is 1. The van der Waals surface area contributed by atoms with Crippen molar-refractivity contribution in [2.75, 3.05) is 18.9 Å². The van der Waals surface area contributed by atoms with E-state index in [0.29, 0.717) is 6.54 Å². The second-order valence-electron chi connectivity index (χ2n) is 4.86. The maximum atomic E-state index is 13.4. The highest BCUT2D eigenvalue weighted by Crippen LogP contribution is 2.15. The highest BCUT2D eigenvalue weighted by Gasteiger charge is 2.11. The van der Waals surface area contributed by atoms with Crippen LogP contribution in [-0.2, 0) is 11.3 Å². The van der Waals surface area contributed by atoms with Gasteiger partial charge in [0.2, 0.25) is 5.91 Å². The monoisotopic (exact) mass is 294 g/mol. The minimum absolute atomic E-state index is 0.0383. The zero-order chi connectivity index (χ0) is 15.4. The van der Waals surface area contributed by atoms with Crippen molar-refractivity contribution in [1.29, 1.82) is 0 Å². The number of rotatable bonds is 5. The lowest BCUT2D eigenvalue weighted by atomic mass is 10.3. The molecule has 0 fully saturated rings. The van der Waals surface area contributed by atoms with Gasteiger partial charge in [-0.25, -0.2) is 8.78 Å². The molecule has 0 unspecified atom stereocenters. The van der Waals surface area contributed by atoms with Crippen molar-refractivity contribution in [3.8, 4) is 0 Å². The standard InChI is InChI=1S/C15H16F2N2O2/c1-10-3-5-12(21-10)8-19(2)9-15(20)18-14-6-4-11(16)7-13(14)17/h3-7H,8-9H2,1-2H3,(H,18,20). The Kier molecular flexibility index (Phi) is 4.70. The second kappa shape index (κ2) is 6.49. The van der Waals surface area contributed by atoms with E-state index in [1.165, 1.54) is 6.07 Å². The minimum Gasteiger partial charge on any atom is -0.465 e. The SMILES string of the molecule is Cc1ccc(CN(C)CC(=O)Nc2ccc(F)cc2F)o1. The van der Waals surface area contributed by atoms with Gasteiger partial charge in [0.25, 0.3) is 0 Å². The predicted molar refractivity (Wildman–Crippen MR) is 74.8 cm³/mol. The van der Waals surface area contributed by atoms with E-state index in [0.717, 1.165) is 23.7 Å². The van der Waals surface area contributed by atoms with Crippen molar-refractivity contribution in [2.24, 2.45) is 0 Å². The van der Waals surface area contributed by atoms with Crippen LogP contribution in [0.3, 0.4) is 0 Å².